The summed E-state index contributed by atoms with van der Waals surface area (Å²) in [6, 6.07) is 24.0. The van der Waals surface area contributed by atoms with E-state index in [4.69, 9.17) is 0 Å². The molecule has 1 heterocycles. The highest BCUT2D eigenvalue weighted by atomic mass is 16.4. The van der Waals surface area contributed by atoms with Gasteiger partial charge < -0.3 is 10.0 Å². The number of carboxylic acids is 1. The number of aliphatic imine (C=N–C) groups is 1. The van der Waals surface area contributed by atoms with Gasteiger partial charge >= 0.3 is 5.97 Å². The van der Waals surface area contributed by atoms with Crippen molar-refractivity contribution in [1.29, 1.82) is 5.26 Å². The number of carbonyl (C=O) groups is 1. The van der Waals surface area contributed by atoms with Crippen LogP contribution in [0.3, 0.4) is 0 Å². The first kappa shape index (κ1) is 22.0. The zero-order chi connectivity index (χ0) is 23.4. The lowest BCUT2D eigenvalue weighted by Gasteiger charge is -2.26. The maximum Gasteiger partial charge on any atom is 0.305 e. The Morgan fingerprint density at radius 1 is 1.09 bits per heavy atom. The molecule has 0 aromatic heterocycles. The number of allylic oxidation sites excluding steroid dienone is 4. The van der Waals surface area contributed by atoms with Crippen LogP contribution in [0.4, 0.5) is 11.4 Å². The number of aliphatic carboxylic acids is 1. The van der Waals surface area contributed by atoms with E-state index in [-0.39, 0.29) is 11.8 Å². The topological polar surface area (TPSA) is 76.7 Å². The van der Waals surface area contributed by atoms with Gasteiger partial charge in [-0.25, -0.2) is 0 Å². The van der Waals surface area contributed by atoms with Crippen molar-refractivity contribution in [2.24, 2.45) is 4.99 Å². The van der Waals surface area contributed by atoms with Crippen molar-refractivity contribution < 1.29 is 9.90 Å². The van der Waals surface area contributed by atoms with Crippen molar-refractivity contribution >= 4 is 34.3 Å². The summed E-state index contributed by atoms with van der Waals surface area (Å²) in [5.41, 5.74) is 3.95. The molecule has 33 heavy (non-hydrogen) atoms. The number of nitrogens with zero attached hydrogens (tertiary/aromatic N) is 3. The minimum Gasteiger partial charge on any atom is -0.481 e. The van der Waals surface area contributed by atoms with E-state index in [0.29, 0.717) is 12.1 Å². The number of rotatable bonds is 6. The summed E-state index contributed by atoms with van der Waals surface area (Å²) in [6.45, 7) is 4.63. The summed E-state index contributed by atoms with van der Waals surface area (Å²) in [5.74, 6) is -0.843. The first-order chi connectivity index (χ1) is 15.9. The SMILES string of the molecule is CC1(C)\C(=C/C=C(C#N)/C=N/c2ccccc2)N(CCC(=O)O)c2ccc3ccccc3c21. The molecule has 0 aliphatic carbocycles. The lowest BCUT2D eigenvalue weighted by Crippen LogP contribution is -2.28. The van der Waals surface area contributed by atoms with Gasteiger partial charge in [0.05, 0.1) is 17.7 Å². The van der Waals surface area contributed by atoms with Crippen LogP contribution in [-0.2, 0) is 10.2 Å². The van der Waals surface area contributed by atoms with Gasteiger partial charge in [-0.05, 0) is 46.7 Å². The van der Waals surface area contributed by atoms with Crippen molar-refractivity contribution in [3.63, 3.8) is 0 Å². The van der Waals surface area contributed by atoms with Gasteiger partial charge in [0.1, 0.15) is 6.07 Å². The Labute approximate surface area is 193 Å². The fourth-order valence-corrected chi connectivity index (χ4v) is 4.42. The summed E-state index contributed by atoms with van der Waals surface area (Å²) in [4.78, 5) is 17.8. The van der Waals surface area contributed by atoms with Crippen molar-refractivity contribution in [3.05, 3.63) is 95.7 Å². The Kier molecular flexibility index (Phi) is 6.10. The highest BCUT2D eigenvalue weighted by Crippen LogP contribution is 2.50. The summed E-state index contributed by atoms with van der Waals surface area (Å²) in [7, 11) is 0. The number of benzene rings is 3. The summed E-state index contributed by atoms with van der Waals surface area (Å²) >= 11 is 0. The molecule has 0 radical (unpaired) electrons. The number of carboxylic acid groups (broad SMARTS) is 1. The van der Waals surface area contributed by atoms with Crippen LogP contribution >= 0.6 is 0 Å². The van der Waals surface area contributed by atoms with Crippen LogP contribution in [0.5, 0.6) is 0 Å². The molecule has 164 valence electrons. The minimum absolute atomic E-state index is 0.0178. The number of para-hydroxylation sites is 1. The summed E-state index contributed by atoms with van der Waals surface area (Å²) in [6.07, 6.45) is 5.25. The first-order valence-corrected chi connectivity index (χ1v) is 10.8. The van der Waals surface area contributed by atoms with E-state index >= 15 is 0 Å². The Balaban J connectivity index is 1.79. The number of nitriles is 1. The van der Waals surface area contributed by atoms with Crippen molar-refractivity contribution in [3.8, 4) is 6.07 Å². The maximum absolute atomic E-state index is 11.4. The van der Waals surface area contributed by atoms with Crippen LogP contribution in [0, 0.1) is 11.3 Å². The molecule has 0 saturated heterocycles. The number of hydrogen-bond acceptors (Lipinski definition) is 4. The highest BCUT2D eigenvalue weighted by Gasteiger charge is 2.41. The molecule has 0 amide bonds. The van der Waals surface area contributed by atoms with Gasteiger partial charge in [0.15, 0.2) is 0 Å². The first-order valence-electron chi connectivity index (χ1n) is 10.8. The third kappa shape index (κ3) is 4.42. The van der Waals surface area contributed by atoms with Gasteiger partial charge in [0.2, 0.25) is 0 Å². The van der Waals surface area contributed by atoms with E-state index in [9.17, 15) is 15.2 Å². The van der Waals surface area contributed by atoms with E-state index in [1.807, 2.05) is 48.5 Å². The molecule has 5 heteroatoms. The van der Waals surface area contributed by atoms with Crippen LogP contribution in [0.1, 0.15) is 25.8 Å². The Bertz CT molecular complexity index is 1330. The quantitative estimate of drug-likeness (QED) is 0.372. The predicted molar refractivity (Wildman–Crippen MR) is 133 cm³/mol. The molecule has 1 aliphatic heterocycles. The Morgan fingerprint density at radius 3 is 2.55 bits per heavy atom. The van der Waals surface area contributed by atoms with Gasteiger partial charge in [-0.2, -0.15) is 5.26 Å². The van der Waals surface area contributed by atoms with Crippen LogP contribution in [0.15, 0.2) is 95.1 Å². The molecule has 5 nitrogen and oxygen atoms in total. The largest absolute Gasteiger partial charge is 0.481 e. The van der Waals surface area contributed by atoms with Crippen LogP contribution in [-0.4, -0.2) is 23.8 Å². The molecule has 0 bridgehead atoms. The van der Waals surface area contributed by atoms with Crippen molar-refractivity contribution in [2.45, 2.75) is 25.7 Å². The van der Waals surface area contributed by atoms with Gasteiger partial charge in [-0.15, -0.1) is 0 Å². The average Bonchev–Trinajstić information content (AvgIpc) is 3.04. The second-order valence-corrected chi connectivity index (χ2v) is 8.48. The predicted octanol–water partition coefficient (Wildman–Crippen LogP) is 6.15. The van der Waals surface area contributed by atoms with Gasteiger partial charge in [-0.1, -0.05) is 62.4 Å². The molecule has 0 spiro atoms. The highest BCUT2D eigenvalue weighted by molar-refractivity contribution is 5.95. The lowest BCUT2D eigenvalue weighted by atomic mass is 9.81. The van der Waals surface area contributed by atoms with Crippen LogP contribution in [0.25, 0.3) is 10.8 Å². The van der Waals surface area contributed by atoms with Crippen LogP contribution < -0.4 is 4.90 Å². The van der Waals surface area contributed by atoms with Crippen molar-refractivity contribution in [1.82, 2.24) is 0 Å². The van der Waals surface area contributed by atoms with E-state index in [1.54, 1.807) is 12.3 Å². The second kappa shape index (κ2) is 9.13. The molecular formula is C28H25N3O2. The molecule has 0 atom stereocenters. The van der Waals surface area contributed by atoms with E-state index in [1.165, 1.54) is 5.56 Å². The van der Waals surface area contributed by atoms with Crippen molar-refractivity contribution in [2.75, 3.05) is 11.4 Å². The summed E-state index contributed by atoms with van der Waals surface area (Å²) in [5, 5.41) is 21.3. The summed E-state index contributed by atoms with van der Waals surface area (Å²) < 4.78 is 0. The fraction of sp³-hybridized carbons (Fsp3) is 0.179. The Morgan fingerprint density at radius 2 is 1.82 bits per heavy atom. The number of fused-ring (bicyclic) bond motifs is 3. The molecule has 0 saturated carbocycles. The van der Waals surface area contributed by atoms with Gasteiger partial charge in [0, 0.05) is 29.6 Å². The molecule has 1 N–H and O–H groups in total. The van der Waals surface area contributed by atoms with E-state index < -0.39 is 5.97 Å². The normalized spacial score (nSPS) is 16.3. The molecule has 3 aromatic carbocycles. The molecule has 0 fully saturated rings. The minimum atomic E-state index is -0.843. The van der Waals surface area contributed by atoms with Gasteiger partial charge in [-0.3, -0.25) is 9.79 Å². The smallest absolute Gasteiger partial charge is 0.305 e. The molecule has 0 unspecified atom stereocenters. The Hall–Kier alpha value is -4.17. The number of hydrogen-bond donors (Lipinski definition) is 1. The number of anilines is 1. The van der Waals surface area contributed by atoms with E-state index in [0.717, 1.165) is 27.8 Å². The molecule has 3 aromatic rings. The zero-order valence-electron chi connectivity index (χ0n) is 18.7. The standard InChI is InChI=1S/C28H25N3O2/c1-28(2)25(15-12-20(18-29)19-30-22-9-4-3-5-10-22)31(17-16-26(32)33)24-14-13-21-8-6-7-11-23(21)27(24)28/h3-15,19H,16-17H2,1-2H3,(H,32,33)/b20-12+,25-15+,30-19+. The van der Waals surface area contributed by atoms with E-state index in [2.05, 4.69) is 54.1 Å². The monoisotopic (exact) mass is 435 g/mol. The second-order valence-electron chi connectivity index (χ2n) is 8.48. The third-order valence-electron chi connectivity index (χ3n) is 5.96. The van der Waals surface area contributed by atoms with Crippen LogP contribution in [0.2, 0.25) is 0 Å². The molecule has 4 rings (SSSR count). The van der Waals surface area contributed by atoms with Gasteiger partial charge in [0.25, 0.3) is 0 Å². The average molecular weight is 436 g/mol. The third-order valence-corrected chi connectivity index (χ3v) is 5.96. The maximum atomic E-state index is 11.4. The molecular weight excluding hydrogens is 410 g/mol. The zero-order valence-corrected chi connectivity index (χ0v) is 18.7. The lowest BCUT2D eigenvalue weighted by molar-refractivity contribution is -0.136. The fourth-order valence-electron chi connectivity index (χ4n) is 4.42. The molecule has 1 aliphatic rings.